The highest BCUT2D eigenvalue weighted by molar-refractivity contribution is 6.70. The molecule has 114 valence electrons. The molecule has 1 heterocycles. The normalized spacial score (nSPS) is 35.0. The van der Waals surface area contributed by atoms with E-state index in [1.165, 1.54) is 5.76 Å². The van der Waals surface area contributed by atoms with Gasteiger partial charge in [0, 0.05) is 24.7 Å². The molecule has 2 atom stereocenters. The van der Waals surface area contributed by atoms with Crippen LogP contribution < -0.4 is 0 Å². The fourth-order valence-electron chi connectivity index (χ4n) is 3.59. The molecule has 0 aromatic heterocycles. The maximum absolute atomic E-state index is 6.16. The lowest BCUT2D eigenvalue weighted by Crippen LogP contribution is -2.46. The van der Waals surface area contributed by atoms with Crippen molar-refractivity contribution in [2.24, 2.45) is 17.3 Å². The zero-order valence-corrected chi connectivity index (χ0v) is 14.5. The van der Waals surface area contributed by atoms with Crippen molar-refractivity contribution >= 4 is 8.32 Å². The lowest BCUT2D eigenvalue weighted by Gasteiger charge is -2.42. The fourth-order valence-corrected chi connectivity index (χ4v) is 4.52. The predicted octanol–water partition coefficient (Wildman–Crippen LogP) is 3.92. The van der Waals surface area contributed by atoms with Gasteiger partial charge < -0.3 is 13.9 Å². The molecule has 3 rings (SSSR count). The minimum atomic E-state index is -1.47. The molecule has 0 N–H and O–H groups in total. The monoisotopic (exact) mass is 296 g/mol. The van der Waals surface area contributed by atoms with Gasteiger partial charge in [-0.3, -0.25) is 0 Å². The fraction of sp³-hybridized carbons (Fsp3) is 0.875. The number of fused-ring (bicyclic) bond motifs is 1. The Balaban J connectivity index is 1.63. The van der Waals surface area contributed by atoms with Gasteiger partial charge in [-0.2, -0.15) is 0 Å². The lowest BCUT2D eigenvalue weighted by atomic mass is 9.94. The molecule has 3 aliphatic rings. The van der Waals surface area contributed by atoms with E-state index < -0.39 is 8.32 Å². The van der Waals surface area contributed by atoms with E-state index in [4.69, 9.17) is 13.9 Å². The van der Waals surface area contributed by atoms with Crippen molar-refractivity contribution in [2.45, 2.75) is 58.5 Å². The number of hydrogen-bond donors (Lipinski definition) is 0. The van der Waals surface area contributed by atoms with Crippen LogP contribution in [0.15, 0.2) is 11.8 Å². The van der Waals surface area contributed by atoms with E-state index in [2.05, 4.69) is 39.6 Å². The van der Waals surface area contributed by atoms with Crippen LogP contribution in [0.5, 0.6) is 0 Å². The molecule has 0 amide bonds. The Morgan fingerprint density at radius 1 is 1.15 bits per heavy atom. The summed E-state index contributed by atoms with van der Waals surface area (Å²) in [5.41, 5.74) is 0.158. The van der Waals surface area contributed by atoms with Crippen molar-refractivity contribution in [3.63, 3.8) is 0 Å². The summed E-state index contributed by atoms with van der Waals surface area (Å²) in [4.78, 5) is 0. The molecule has 0 aromatic carbocycles. The number of ether oxygens (including phenoxy) is 2. The number of rotatable bonds is 2. The van der Waals surface area contributed by atoms with E-state index in [9.17, 15) is 0 Å². The third kappa shape index (κ3) is 2.97. The first-order valence-corrected chi connectivity index (χ1v) is 11.2. The van der Waals surface area contributed by atoms with Gasteiger partial charge in [0.1, 0.15) is 0 Å². The van der Waals surface area contributed by atoms with Crippen molar-refractivity contribution in [2.75, 3.05) is 13.2 Å². The van der Waals surface area contributed by atoms with Crippen LogP contribution in [0.3, 0.4) is 0 Å². The largest absolute Gasteiger partial charge is 0.548 e. The third-order valence-corrected chi connectivity index (χ3v) is 5.35. The van der Waals surface area contributed by atoms with Crippen LogP contribution in [0.25, 0.3) is 0 Å². The summed E-state index contributed by atoms with van der Waals surface area (Å²) in [5.74, 6) is 2.17. The second kappa shape index (κ2) is 4.59. The Kier molecular flexibility index (Phi) is 3.35. The van der Waals surface area contributed by atoms with E-state index in [0.29, 0.717) is 11.8 Å². The van der Waals surface area contributed by atoms with Crippen LogP contribution in [0.2, 0.25) is 19.6 Å². The van der Waals surface area contributed by atoms with Crippen LogP contribution in [-0.4, -0.2) is 27.3 Å². The zero-order chi connectivity index (χ0) is 14.6. The summed E-state index contributed by atoms with van der Waals surface area (Å²) >= 11 is 0. The molecular formula is C16H28O3Si. The lowest BCUT2D eigenvalue weighted by molar-refractivity contribution is -0.296. The number of allylic oxidation sites excluding steroid dienone is 2. The highest BCUT2D eigenvalue weighted by Gasteiger charge is 2.52. The Morgan fingerprint density at radius 3 is 2.35 bits per heavy atom. The third-order valence-electron chi connectivity index (χ3n) is 4.48. The minimum Gasteiger partial charge on any atom is -0.548 e. The van der Waals surface area contributed by atoms with E-state index in [0.717, 1.165) is 32.5 Å². The first-order chi connectivity index (χ1) is 9.17. The van der Waals surface area contributed by atoms with Crippen molar-refractivity contribution in [3.8, 4) is 0 Å². The molecule has 4 heteroatoms. The molecule has 0 bridgehead atoms. The van der Waals surface area contributed by atoms with Gasteiger partial charge in [-0.15, -0.1) is 0 Å². The molecule has 1 saturated heterocycles. The maximum atomic E-state index is 6.16. The molecule has 1 spiro atoms. The number of hydrogen-bond acceptors (Lipinski definition) is 3. The Labute approximate surface area is 123 Å². The molecule has 1 aliphatic heterocycles. The zero-order valence-electron chi connectivity index (χ0n) is 13.5. The van der Waals surface area contributed by atoms with Crippen LogP contribution in [0.4, 0.5) is 0 Å². The van der Waals surface area contributed by atoms with Crippen molar-refractivity contribution in [1.82, 2.24) is 0 Å². The summed E-state index contributed by atoms with van der Waals surface area (Å²) in [6, 6.07) is 0. The highest BCUT2D eigenvalue weighted by Crippen LogP contribution is 2.52. The van der Waals surface area contributed by atoms with Gasteiger partial charge in [-0.25, -0.2) is 0 Å². The van der Waals surface area contributed by atoms with Gasteiger partial charge in [0.25, 0.3) is 0 Å². The first kappa shape index (κ1) is 14.6. The predicted molar refractivity (Wildman–Crippen MR) is 81.8 cm³/mol. The molecule has 20 heavy (non-hydrogen) atoms. The summed E-state index contributed by atoms with van der Waals surface area (Å²) in [5, 5.41) is 0. The SMILES string of the molecule is CC1(C)COC2(C[C@H]3CC(O[Si](C)(C)C)=C[C@H]3C2)OC1. The first-order valence-electron chi connectivity index (χ1n) is 7.84. The second-order valence-corrected chi connectivity index (χ2v) is 13.0. The Hall–Kier alpha value is -0.323. The topological polar surface area (TPSA) is 27.7 Å². The van der Waals surface area contributed by atoms with Crippen LogP contribution in [0, 0.1) is 17.3 Å². The molecule has 3 nitrogen and oxygen atoms in total. The van der Waals surface area contributed by atoms with Gasteiger partial charge in [0.15, 0.2) is 5.79 Å². The summed E-state index contributed by atoms with van der Waals surface area (Å²) < 4.78 is 18.4. The van der Waals surface area contributed by atoms with E-state index >= 15 is 0 Å². The maximum Gasteiger partial charge on any atom is 0.241 e. The van der Waals surface area contributed by atoms with Gasteiger partial charge >= 0.3 is 0 Å². The van der Waals surface area contributed by atoms with Gasteiger partial charge in [0.05, 0.1) is 19.0 Å². The molecule has 0 radical (unpaired) electrons. The smallest absolute Gasteiger partial charge is 0.241 e. The minimum absolute atomic E-state index is 0.158. The molecule has 1 saturated carbocycles. The molecule has 2 aliphatic carbocycles. The standard InChI is InChI=1S/C16H28O3Si/c1-15(2)10-17-16(18-11-15)8-12-6-14(7-13(12)9-16)19-20(3,4)5/h6,12-13H,7-11H2,1-5H3/t12-,13+/m0/s1. The van der Waals surface area contributed by atoms with Gasteiger partial charge in [-0.1, -0.05) is 13.8 Å². The van der Waals surface area contributed by atoms with Crippen LogP contribution in [0.1, 0.15) is 33.1 Å². The van der Waals surface area contributed by atoms with Crippen molar-refractivity contribution in [1.29, 1.82) is 0 Å². The van der Waals surface area contributed by atoms with E-state index in [1.54, 1.807) is 0 Å². The van der Waals surface area contributed by atoms with Crippen LogP contribution in [-0.2, 0) is 13.9 Å². The molecule has 0 aromatic rings. The highest BCUT2D eigenvalue weighted by atomic mass is 28.4. The van der Waals surface area contributed by atoms with Gasteiger partial charge in [-0.05, 0) is 37.6 Å². The summed E-state index contributed by atoms with van der Waals surface area (Å²) in [6.45, 7) is 12.8. The quantitative estimate of drug-likeness (QED) is 0.723. The molecular weight excluding hydrogens is 268 g/mol. The van der Waals surface area contributed by atoms with Gasteiger partial charge in [0.2, 0.25) is 8.32 Å². The van der Waals surface area contributed by atoms with Crippen molar-refractivity contribution in [3.05, 3.63) is 11.8 Å². The summed E-state index contributed by atoms with van der Waals surface area (Å²) in [7, 11) is -1.47. The van der Waals surface area contributed by atoms with Crippen LogP contribution >= 0.6 is 0 Å². The Bertz CT molecular complexity index is 412. The average Bonchev–Trinajstić information content (AvgIpc) is 2.76. The Morgan fingerprint density at radius 2 is 1.80 bits per heavy atom. The molecule has 0 unspecified atom stereocenters. The average molecular weight is 296 g/mol. The second-order valence-electron chi connectivity index (χ2n) is 8.54. The summed E-state index contributed by atoms with van der Waals surface area (Å²) in [6.07, 6.45) is 5.46. The van der Waals surface area contributed by atoms with E-state index in [1.807, 2.05) is 0 Å². The van der Waals surface area contributed by atoms with E-state index in [-0.39, 0.29) is 11.2 Å². The molecule has 2 fully saturated rings. The van der Waals surface area contributed by atoms with Crippen molar-refractivity contribution < 1.29 is 13.9 Å².